The van der Waals surface area contributed by atoms with E-state index in [1.54, 1.807) is 18.2 Å². The summed E-state index contributed by atoms with van der Waals surface area (Å²) in [6.07, 6.45) is -4.76. The molecule has 0 aliphatic carbocycles. The van der Waals surface area contributed by atoms with Gasteiger partial charge in [-0.2, -0.15) is 18.2 Å². The van der Waals surface area contributed by atoms with Crippen LogP contribution in [0.2, 0.25) is 0 Å². The summed E-state index contributed by atoms with van der Waals surface area (Å²) in [5.41, 5.74) is 5.80. The highest BCUT2D eigenvalue weighted by Crippen LogP contribution is 2.27. The van der Waals surface area contributed by atoms with Crippen LogP contribution in [0, 0.1) is 0 Å². The zero-order valence-electron chi connectivity index (χ0n) is 9.44. The van der Waals surface area contributed by atoms with Gasteiger partial charge in [-0.3, -0.25) is 4.79 Å². The summed E-state index contributed by atoms with van der Waals surface area (Å²) >= 11 is 0. The largest absolute Gasteiger partial charge is 0.471 e. The second-order valence-corrected chi connectivity index (χ2v) is 3.71. The van der Waals surface area contributed by atoms with Gasteiger partial charge in [-0.1, -0.05) is 23.4 Å². The first-order chi connectivity index (χ1) is 8.88. The van der Waals surface area contributed by atoms with Crippen LogP contribution in [0.5, 0.6) is 0 Å². The maximum atomic E-state index is 12.3. The second-order valence-electron chi connectivity index (χ2n) is 3.71. The third-order valence-electron chi connectivity index (χ3n) is 2.34. The van der Waals surface area contributed by atoms with Gasteiger partial charge < -0.3 is 10.3 Å². The number of nitrogens with zero attached hydrogens (tertiary/aromatic N) is 2. The molecule has 0 unspecified atom stereocenters. The Morgan fingerprint density at radius 3 is 2.58 bits per heavy atom. The van der Waals surface area contributed by atoms with E-state index in [0.29, 0.717) is 5.56 Å². The van der Waals surface area contributed by atoms with E-state index in [4.69, 9.17) is 5.73 Å². The zero-order valence-corrected chi connectivity index (χ0v) is 9.44. The van der Waals surface area contributed by atoms with Crippen LogP contribution in [-0.4, -0.2) is 16.0 Å². The highest BCUT2D eigenvalue weighted by Gasteiger charge is 2.38. The van der Waals surface area contributed by atoms with Gasteiger partial charge >= 0.3 is 12.1 Å². The zero-order chi connectivity index (χ0) is 14.0. The van der Waals surface area contributed by atoms with Crippen LogP contribution in [0.1, 0.15) is 27.6 Å². The molecule has 1 amide bonds. The Labute approximate surface area is 105 Å². The van der Waals surface area contributed by atoms with Crippen molar-refractivity contribution in [2.75, 3.05) is 0 Å². The number of hydrogen-bond donors (Lipinski definition) is 1. The lowest BCUT2D eigenvalue weighted by molar-refractivity contribution is -0.159. The molecule has 100 valence electrons. The lowest BCUT2D eigenvalue weighted by Crippen LogP contribution is -2.14. The van der Waals surface area contributed by atoms with E-state index in [-0.39, 0.29) is 17.8 Å². The Hall–Kier alpha value is -2.38. The van der Waals surface area contributed by atoms with Crippen molar-refractivity contribution in [3.8, 4) is 0 Å². The number of nitrogens with two attached hydrogens (primary N) is 1. The summed E-state index contributed by atoms with van der Waals surface area (Å²) in [4.78, 5) is 14.4. The Morgan fingerprint density at radius 2 is 2.00 bits per heavy atom. The lowest BCUT2D eigenvalue weighted by Gasteiger charge is -2.03. The summed E-state index contributed by atoms with van der Waals surface area (Å²) in [6.45, 7) is 0. The molecule has 0 aliphatic heterocycles. The van der Waals surface area contributed by atoms with E-state index >= 15 is 0 Å². The predicted octanol–water partition coefficient (Wildman–Crippen LogP) is 1.78. The van der Waals surface area contributed by atoms with Crippen molar-refractivity contribution in [2.45, 2.75) is 12.6 Å². The summed E-state index contributed by atoms with van der Waals surface area (Å²) in [7, 11) is 0. The molecule has 1 aromatic carbocycles. The Bertz CT molecular complexity index is 607. The molecular formula is C11H8F3N3O2. The van der Waals surface area contributed by atoms with E-state index in [9.17, 15) is 18.0 Å². The number of aromatic nitrogens is 2. The number of halogens is 3. The summed E-state index contributed by atoms with van der Waals surface area (Å²) < 4.78 is 40.9. The van der Waals surface area contributed by atoms with E-state index in [0.717, 1.165) is 0 Å². The number of benzene rings is 1. The highest BCUT2D eigenvalue weighted by molar-refractivity contribution is 5.94. The van der Waals surface area contributed by atoms with Crippen molar-refractivity contribution in [1.29, 1.82) is 0 Å². The Kier molecular flexibility index (Phi) is 3.24. The first kappa shape index (κ1) is 13.1. The van der Waals surface area contributed by atoms with Crippen LogP contribution >= 0.6 is 0 Å². The van der Waals surface area contributed by atoms with Gasteiger partial charge in [0.15, 0.2) is 5.82 Å². The van der Waals surface area contributed by atoms with E-state index in [1.807, 2.05) is 0 Å². The van der Waals surface area contributed by atoms with Crippen LogP contribution in [0.4, 0.5) is 13.2 Å². The van der Waals surface area contributed by atoms with Gasteiger partial charge in [-0.25, -0.2) is 0 Å². The Balaban J connectivity index is 2.27. The van der Waals surface area contributed by atoms with E-state index in [1.165, 1.54) is 6.07 Å². The third kappa shape index (κ3) is 2.90. The fourth-order valence-corrected chi connectivity index (χ4v) is 1.53. The van der Waals surface area contributed by atoms with E-state index < -0.39 is 18.0 Å². The van der Waals surface area contributed by atoms with Crippen molar-refractivity contribution in [2.24, 2.45) is 5.73 Å². The number of primary amides is 1. The molecule has 0 spiro atoms. The van der Waals surface area contributed by atoms with Crippen molar-refractivity contribution in [3.63, 3.8) is 0 Å². The van der Waals surface area contributed by atoms with E-state index in [2.05, 4.69) is 14.7 Å². The van der Waals surface area contributed by atoms with Crippen LogP contribution in [0.25, 0.3) is 0 Å². The summed E-state index contributed by atoms with van der Waals surface area (Å²) in [5, 5.41) is 3.22. The van der Waals surface area contributed by atoms with Gasteiger partial charge in [-0.15, -0.1) is 0 Å². The molecule has 1 aromatic heterocycles. The minimum atomic E-state index is -4.69. The molecule has 0 atom stereocenters. The summed E-state index contributed by atoms with van der Waals surface area (Å²) in [5.74, 6) is -2.25. The maximum absolute atomic E-state index is 12.3. The van der Waals surface area contributed by atoms with Gasteiger partial charge in [-0.05, 0) is 11.6 Å². The minimum Gasteiger partial charge on any atom is -0.366 e. The standard InChI is InChI=1S/C11H8F3N3O2/c12-11(13,14)10-16-8(17-19-10)5-6-3-1-2-4-7(6)9(15)18/h1-4H,5H2,(H2,15,18). The van der Waals surface area contributed by atoms with Gasteiger partial charge in [0.05, 0.1) is 0 Å². The van der Waals surface area contributed by atoms with Crippen molar-refractivity contribution in [1.82, 2.24) is 10.1 Å². The van der Waals surface area contributed by atoms with Crippen LogP contribution in [-0.2, 0) is 12.6 Å². The first-order valence-corrected chi connectivity index (χ1v) is 5.15. The number of hydrogen-bond acceptors (Lipinski definition) is 4. The molecular weight excluding hydrogens is 263 g/mol. The second kappa shape index (κ2) is 4.71. The maximum Gasteiger partial charge on any atom is 0.471 e. The first-order valence-electron chi connectivity index (χ1n) is 5.15. The van der Waals surface area contributed by atoms with Gasteiger partial charge in [0.25, 0.3) is 0 Å². The average molecular weight is 271 g/mol. The number of alkyl halides is 3. The molecule has 1 heterocycles. The molecule has 0 bridgehead atoms. The molecule has 0 fully saturated rings. The van der Waals surface area contributed by atoms with Crippen molar-refractivity contribution < 1.29 is 22.5 Å². The molecule has 2 rings (SSSR count). The number of rotatable bonds is 3. The Morgan fingerprint density at radius 1 is 1.32 bits per heavy atom. The van der Waals surface area contributed by atoms with Crippen LogP contribution < -0.4 is 5.73 Å². The molecule has 2 N–H and O–H groups in total. The minimum absolute atomic E-state index is 0.0707. The molecule has 5 nitrogen and oxygen atoms in total. The molecule has 0 saturated heterocycles. The topological polar surface area (TPSA) is 82.0 Å². The van der Waals surface area contributed by atoms with Gasteiger partial charge in [0.2, 0.25) is 5.91 Å². The molecule has 0 saturated carbocycles. The molecule has 2 aromatic rings. The van der Waals surface area contributed by atoms with Crippen LogP contribution in [0.15, 0.2) is 28.8 Å². The quantitative estimate of drug-likeness (QED) is 0.922. The molecule has 8 heteroatoms. The van der Waals surface area contributed by atoms with Crippen LogP contribution in [0.3, 0.4) is 0 Å². The molecule has 0 radical (unpaired) electrons. The number of amides is 1. The number of carbonyl (C=O) groups excluding carboxylic acids is 1. The monoisotopic (exact) mass is 271 g/mol. The highest BCUT2D eigenvalue weighted by atomic mass is 19.4. The smallest absolute Gasteiger partial charge is 0.366 e. The summed E-state index contributed by atoms with van der Waals surface area (Å²) in [6, 6.07) is 6.26. The molecule has 19 heavy (non-hydrogen) atoms. The fourth-order valence-electron chi connectivity index (χ4n) is 1.53. The van der Waals surface area contributed by atoms with Crippen molar-refractivity contribution >= 4 is 5.91 Å². The normalized spacial score (nSPS) is 11.5. The SMILES string of the molecule is NC(=O)c1ccccc1Cc1noc(C(F)(F)F)n1. The number of carbonyl (C=O) groups is 1. The fraction of sp³-hybridized carbons (Fsp3) is 0.182. The third-order valence-corrected chi connectivity index (χ3v) is 2.34. The molecule has 0 aliphatic rings. The van der Waals surface area contributed by atoms with Gasteiger partial charge in [0, 0.05) is 12.0 Å². The van der Waals surface area contributed by atoms with Crippen molar-refractivity contribution in [3.05, 3.63) is 47.1 Å². The average Bonchev–Trinajstić information content (AvgIpc) is 2.77. The predicted molar refractivity (Wildman–Crippen MR) is 57.1 cm³/mol. The van der Waals surface area contributed by atoms with Gasteiger partial charge in [0.1, 0.15) is 0 Å². The lowest BCUT2D eigenvalue weighted by atomic mass is 10.0.